The molecule has 0 saturated heterocycles. The van der Waals surface area contributed by atoms with Crippen LogP contribution < -0.4 is 5.56 Å². The van der Waals surface area contributed by atoms with Crippen LogP contribution in [0.3, 0.4) is 0 Å². The Kier molecular flexibility index (Phi) is 2.14. The minimum atomic E-state index is -4.56. The molecule has 0 aliphatic heterocycles. The second kappa shape index (κ2) is 3.26. The summed E-state index contributed by atoms with van der Waals surface area (Å²) in [4.78, 5) is 13.5. The highest BCUT2D eigenvalue weighted by Gasteiger charge is 2.31. The molecule has 0 amide bonds. The predicted molar refractivity (Wildman–Crippen MR) is 47.2 cm³/mol. The number of hydrogen-bond acceptors (Lipinski definition) is 3. The van der Waals surface area contributed by atoms with Crippen molar-refractivity contribution in [2.24, 2.45) is 0 Å². The molecule has 0 bridgehead atoms. The van der Waals surface area contributed by atoms with E-state index in [0.717, 1.165) is 4.52 Å². The van der Waals surface area contributed by atoms with Gasteiger partial charge in [-0.3, -0.25) is 4.79 Å². The molecule has 2 aromatic rings. The zero-order chi connectivity index (χ0) is 11.9. The van der Waals surface area contributed by atoms with Gasteiger partial charge in [-0.1, -0.05) is 0 Å². The van der Waals surface area contributed by atoms with Crippen LogP contribution in [0.2, 0.25) is 0 Å². The van der Waals surface area contributed by atoms with Crippen LogP contribution >= 0.6 is 0 Å². The number of fused-ring (bicyclic) bond motifs is 1. The summed E-state index contributed by atoms with van der Waals surface area (Å²) in [5.41, 5.74) is -1.58. The summed E-state index contributed by atoms with van der Waals surface area (Å²) in [5.74, 6) is -0.791. The Morgan fingerprint density at radius 3 is 2.81 bits per heavy atom. The second-order valence-corrected chi connectivity index (χ2v) is 3.18. The van der Waals surface area contributed by atoms with E-state index in [-0.39, 0.29) is 5.65 Å². The van der Waals surface area contributed by atoms with Gasteiger partial charge >= 0.3 is 6.18 Å². The Labute approximate surface area is 86.1 Å². The molecule has 0 fully saturated rings. The maximum absolute atomic E-state index is 12.1. The standard InChI is InChI=1S/C8H6F3N3O2/c9-8(10,11)3-4-6(15)13-5-1-2-12-14(5)7(4)16/h1-2,16H,3H2,(H,13,15). The van der Waals surface area contributed by atoms with Gasteiger partial charge in [0.25, 0.3) is 5.56 Å². The van der Waals surface area contributed by atoms with Crippen LogP contribution in [0, 0.1) is 0 Å². The van der Waals surface area contributed by atoms with Gasteiger partial charge < -0.3 is 10.1 Å². The van der Waals surface area contributed by atoms with E-state index in [2.05, 4.69) is 10.1 Å². The Morgan fingerprint density at radius 1 is 1.50 bits per heavy atom. The van der Waals surface area contributed by atoms with Crippen molar-refractivity contribution in [1.29, 1.82) is 0 Å². The SMILES string of the molecule is O=c1[nH]c2ccnn2c(O)c1CC(F)(F)F. The van der Waals surface area contributed by atoms with Crippen molar-refractivity contribution in [2.45, 2.75) is 12.6 Å². The fourth-order valence-electron chi connectivity index (χ4n) is 1.35. The summed E-state index contributed by atoms with van der Waals surface area (Å²) in [7, 11) is 0. The first-order chi connectivity index (χ1) is 7.38. The van der Waals surface area contributed by atoms with Crippen molar-refractivity contribution in [3.63, 3.8) is 0 Å². The van der Waals surface area contributed by atoms with Crippen molar-refractivity contribution >= 4 is 5.65 Å². The van der Waals surface area contributed by atoms with E-state index in [1.54, 1.807) is 0 Å². The Morgan fingerprint density at radius 2 is 2.19 bits per heavy atom. The number of nitrogens with one attached hydrogen (secondary N) is 1. The van der Waals surface area contributed by atoms with Crippen molar-refractivity contribution in [2.75, 3.05) is 0 Å². The van der Waals surface area contributed by atoms with Gasteiger partial charge in [-0.05, 0) is 0 Å². The zero-order valence-electron chi connectivity index (χ0n) is 7.75. The van der Waals surface area contributed by atoms with E-state index in [0.29, 0.717) is 0 Å². The summed E-state index contributed by atoms with van der Waals surface area (Å²) in [6.07, 6.45) is -4.81. The van der Waals surface area contributed by atoms with Crippen LogP contribution in [0.4, 0.5) is 13.2 Å². The van der Waals surface area contributed by atoms with Crippen molar-refractivity contribution < 1.29 is 18.3 Å². The molecule has 8 heteroatoms. The number of halogens is 3. The number of rotatable bonds is 1. The number of H-pyrrole nitrogens is 1. The number of aromatic nitrogens is 3. The summed E-state index contributed by atoms with van der Waals surface area (Å²) in [6, 6.07) is 1.36. The lowest BCUT2D eigenvalue weighted by Crippen LogP contribution is -2.22. The molecule has 5 nitrogen and oxygen atoms in total. The maximum atomic E-state index is 12.1. The fourth-order valence-corrected chi connectivity index (χ4v) is 1.35. The maximum Gasteiger partial charge on any atom is 0.393 e. The second-order valence-electron chi connectivity index (χ2n) is 3.18. The first-order valence-corrected chi connectivity index (χ1v) is 4.23. The lowest BCUT2D eigenvalue weighted by Gasteiger charge is -2.07. The molecule has 2 N–H and O–H groups in total. The Balaban J connectivity index is 2.64. The van der Waals surface area contributed by atoms with Crippen molar-refractivity contribution in [3.8, 4) is 5.88 Å². The third-order valence-corrected chi connectivity index (χ3v) is 2.01. The predicted octanol–water partition coefficient (Wildman–Crippen LogP) is 0.833. The Bertz CT molecular complexity index is 584. The van der Waals surface area contributed by atoms with Gasteiger partial charge in [0, 0.05) is 6.07 Å². The number of hydrogen-bond donors (Lipinski definition) is 2. The minimum absolute atomic E-state index is 0.133. The molecule has 0 aromatic carbocycles. The molecule has 0 aliphatic carbocycles. The van der Waals surface area contributed by atoms with Gasteiger partial charge in [0.2, 0.25) is 5.88 Å². The smallest absolute Gasteiger partial charge is 0.393 e. The average Bonchev–Trinajstić information content (AvgIpc) is 2.58. The molecule has 2 aromatic heterocycles. The van der Waals surface area contributed by atoms with E-state index >= 15 is 0 Å². The highest BCUT2D eigenvalue weighted by molar-refractivity contribution is 5.41. The molecule has 0 atom stereocenters. The summed E-state index contributed by atoms with van der Waals surface area (Å²) in [5, 5.41) is 13.0. The monoisotopic (exact) mass is 233 g/mol. The first kappa shape index (κ1) is 10.5. The third kappa shape index (κ3) is 1.73. The Hall–Kier alpha value is -1.99. The van der Waals surface area contributed by atoms with Crippen LogP contribution in [0.1, 0.15) is 5.56 Å². The summed E-state index contributed by atoms with van der Waals surface area (Å²) in [6.45, 7) is 0. The van der Waals surface area contributed by atoms with Crippen LogP contribution in [0.5, 0.6) is 5.88 Å². The first-order valence-electron chi connectivity index (χ1n) is 4.23. The molecule has 16 heavy (non-hydrogen) atoms. The summed E-state index contributed by atoms with van der Waals surface area (Å²) < 4.78 is 37.2. The van der Waals surface area contributed by atoms with E-state index in [9.17, 15) is 23.1 Å². The normalized spacial score (nSPS) is 12.2. The van der Waals surface area contributed by atoms with E-state index < -0.39 is 29.6 Å². The molecule has 0 saturated carbocycles. The molecule has 0 radical (unpaired) electrons. The van der Waals surface area contributed by atoms with Gasteiger partial charge in [-0.25, -0.2) is 0 Å². The van der Waals surface area contributed by atoms with Crippen molar-refractivity contribution in [1.82, 2.24) is 14.6 Å². The molecule has 86 valence electrons. The summed E-state index contributed by atoms with van der Waals surface area (Å²) >= 11 is 0. The number of aromatic hydroxyl groups is 1. The van der Waals surface area contributed by atoms with Gasteiger partial charge in [-0.2, -0.15) is 22.8 Å². The van der Waals surface area contributed by atoms with Crippen LogP contribution in [-0.4, -0.2) is 25.9 Å². The van der Waals surface area contributed by atoms with Gasteiger partial charge in [0.1, 0.15) is 5.65 Å². The molecule has 2 rings (SSSR count). The minimum Gasteiger partial charge on any atom is -0.493 e. The molecule has 0 unspecified atom stereocenters. The van der Waals surface area contributed by atoms with E-state index in [4.69, 9.17) is 0 Å². The van der Waals surface area contributed by atoms with Gasteiger partial charge in [-0.15, -0.1) is 0 Å². The lowest BCUT2D eigenvalue weighted by atomic mass is 10.2. The molecule has 2 heterocycles. The highest BCUT2D eigenvalue weighted by atomic mass is 19.4. The quantitative estimate of drug-likeness (QED) is 0.766. The number of alkyl halides is 3. The highest BCUT2D eigenvalue weighted by Crippen LogP contribution is 2.24. The van der Waals surface area contributed by atoms with Crippen LogP contribution in [0.25, 0.3) is 5.65 Å². The largest absolute Gasteiger partial charge is 0.493 e. The van der Waals surface area contributed by atoms with E-state index in [1.165, 1.54) is 12.3 Å². The van der Waals surface area contributed by atoms with Crippen molar-refractivity contribution in [3.05, 3.63) is 28.2 Å². The average molecular weight is 233 g/mol. The molecule has 0 spiro atoms. The number of nitrogens with zero attached hydrogens (tertiary/aromatic N) is 2. The van der Waals surface area contributed by atoms with Crippen LogP contribution in [0.15, 0.2) is 17.1 Å². The fraction of sp³-hybridized carbons (Fsp3) is 0.250. The topological polar surface area (TPSA) is 70.4 Å². The third-order valence-electron chi connectivity index (χ3n) is 2.01. The van der Waals surface area contributed by atoms with Gasteiger partial charge in [0.15, 0.2) is 0 Å². The lowest BCUT2D eigenvalue weighted by molar-refractivity contribution is -0.127. The molecule has 0 aliphatic rings. The molecular formula is C8H6F3N3O2. The van der Waals surface area contributed by atoms with Gasteiger partial charge in [0.05, 0.1) is 18.2 Å². The van der Waals surface area contributed by atoms with Crippen LogP contribution in [-0.2, 0) is 6.42 Å². The molecular weight excluding hydrogens is 227 g/mol. The zero-order valence-corrected chi connectivity index (χ0v) is 7.75. The van der Waals surface area contributed by atoms with E-state index in [1.807, 2.05) is 0 Å². The number of aromatic amines is 1.